The summed E-state index contributed by atoms with van der Waals surface area (Å²) in [6.45, 7) is -0.377. The molecule has 2 aliphatic rings. The molecule has 30 heavy (non-hydrogen) atoms. The van der Waals surface area contributed by atoms with Gasteiger partial charge in [0.25, 0.3) is 5.91 Å². The molecule has 1 aromatic heterocycles. The number of nitriles is 1. The highest BCUT2D eigenvalue weighted by atomic mass is 35.5. The van der Waals surface area contributed by atoms with E-state index in [0.29, 0.717) is 5.56 Å². The number of hydrogen-bond acceptors (Lipinski definition) is 7. The molecule has 1 amide bonds. The third-order valence-electron chi connectivity index (χ3n) is 4.93. The van der Waals surface area contributed by atoms with Gasteiger partial charge in [-0.15, -0.1) is 12.4 Å². The van der Waals surface area contributed by atoms with Gasteiger partial charge < -0.3 is 15.8 Å². The summed E-state index contributed by atoms with van der Waals surface area (Å²) in [5.41, 5.74) is 2.88. The molecule has 0 radical (unpaired) electrons. The first kappa shape index (κ1) is 22.0. The minimum atomic E-state index is -1.92. The summed E-state index contributed by atoms with van der Waals surface area (Å²) in [6, 6.07) is 8.61. The number of ether oxygens (including phenoxy) is 1. The molecule has 11 heteroatoms. The molecule has 4 rings (SSSR count). The number of halogens is 3. The standard InChI is InChI=1S/C19H15F2N5O2S.ClH/c20-14-3-2-12(25-16(27)15-4-1-11(6-22)7-24-15)5-13(14)19-9-28-8-18(19,21)10-29-17(23)26-19;/h1-5,7H,8-10H2,(H2,23,26)(H,25,27);1H. The van der Waals surface area contributed by atoms with Gasteiger partial charge in [-0.2, -0.15) is 5.26 Å². The maximum atomic E-state index is 15.6. The average Bonchev–Trinajstić information content (AvgIpc) is 3.06. The van der Waals surface area contributed by atoms with Crippen LogP contribution in [0.1, 0.15) is 21.6 Å². The Labute approximate surface area is 181 Å². The van der Waals surface area contributed by atoms with Crippen molar-refractivity contribution < 1.29 is 18.3 Å². The van der Waals surface area contributed by atoms with Crippen LogP contribution >= 0.6 is 24.2 Å². The molecular weight excluding hydrogens is 436 g/mol. The van der Waals surface area contributed by atoms with E-state index >= 15 is 4.39 Å². The average molecular weight is 452 g/mol. The van der Waals surface area contributed by atoms with Crippen LogP contribution in [0.15, 0.2) is 41.5 Å². The number of aliphatic imine (C=N–C) groups is 1. The molecule has 1 fully saturated rings. The predicted molar refractivity (Wildman–Crippen MR) is 111 cm³/mol. The summed E-state index contributed by atoms with van der Waals surface area (Å²) in [5, 5.41) is 11.6. The number of amidine groups is 1. The Morgan fingerprint density at radius 2 is 2.13 bits per heavy atom. The second-order valence-electron chi connectivity index (χ2n) is 6.75. The minimum Gasteiger partial charge on any atom is -0.379 e. The number of fused-ring (bicyclic) bond motifs is 1. The number of thioether (sulfide) groups is 1. The van der Waals surface area contributed by atoms with Crippen molar-refractivity contribution >= 4 is 40.9 Å². The molecule has 2 aromatic rings. The number of carbonyl (C=O) groups excluding carboxylic acids is 1. The van der Waals surface area contributed by atoms with E-state index in [1.807, 2.05) is 6.07 Å². The minimum absolute atomic E-state index is 0. The lowest BCUT2D eigenvalue weighted by Crippen LogP contribution is -2.52. The number of aromatic nitrogens is 1. The molecule has 0 bridgehead atoms. The molecule has 3 heterocycles. The summed E-state index contributed by atoms with van der Waals surface area (Å²) >= 11 is 1.06. The highest BCUT2D eigenvalue weighted by Gasteiger charge is 2.61. The second kappa shape index (κ2) is 8.18. The van der Waals surface area contributed by atoms with Gasteiger partial charge in [-0.3, -0.25) is 4.79 Å². The van der Waals surface area contributed by atoms with Gasteiger partial charge in [-0.25, -0.2) is 18.8 Å². The van der Waals surface area contributed by atoms with E-state index in [4.69, 9.17) is 15.7 Å². The van der Waals surface area contributed by atoms with Crippen molar-refractivity contribution in [3.8, 4) is 6.07 Å². The van der Waals surface area contributed by atoms with E-state index in [0.717, 1.165) is 17.8 Å². The number of nitrogens with zero attached hydrogens (tertiary/aromatic N) is 3. The molecule has 0 saturated carbocycles. The highest BCUT2D eigenvalue weighted by molar-refractivity contribution is 8.13. The predicted octanol–water partition coefficient (Wildman–Crippen LogP) is 2.76. The lowest BCUT2D eigenvalue weighted by molar-refractivity contribution is 0.102. The number of rotatable bonds is 3. The Morgan fingerprint density at radius 1 is 1.33 bits per heavy atom. The lowest BCUT2D eigenvalue weighted by Gasteiger charge is -2.38. The van der Waals surface area contributed by atoms with Gasteiger partial charge in [0.2, 0.25) is 0 Å². The summed E-state index contributed by atoms with van der Waals surface area (Å²) < 4.78 is 35.6. The monoisotopic (exact) mass is 451 g/mol. The maximum absolute atomic E-state index is 15.6. The number of pyridine rings is 1. The topological polar surface area (TPSA) is 113 Å². The number of carbonyl (C=O) groups is 1. The van der Waals surface area contributed by atoms with E-state index in [-0.39, 0.29) is 53.5 Å². The Hall–Kier alpha value is -2.74. The van der Waals surface area contributed by atoms with Crippen molar-refractivity contribution in [3.63, 3.8) is 0 Å². The van der Waals surface area contributed by atoms with Crippen molar-refractivity contribution in [2.24, 2.45) is 10.7 Å². The van der Waals surface area contributed by atoms with Crippen LogP contribution in [0.3, 0.4) is 0 Å². The molecule has 1 saturated heterocycles. The van der Waals surface area contributed by atoms with Gasteiger partial charge in [-0.05, 0) is 30.3 Å². The number of nitrogens with one attached hydrogen (secondary N) is 1. The van der Waals surface area contributed by atoms with Crippen LogP contribution in [0, 0.1) is 17.1 Å². The Kier molecular flexibility index (Phi) is 5.99. The Bertz CT molecular complexity index is 1060. The largest absolute Gasteiger partial charge is 0.379 e. The van der Waals surface area contributed by atoms with Crippen LogP contribution in [0.25, 0.3) is 0 Å². The number of benzene rings is 1. The first-order chi connectivity index (χ1) is 13.9. The SMILES string of the molecule is Cl.N#Cc1ccc(C(=O)Nc2ccc(F)c(C34COCC3(F)CSC(N)=N4)c2)nc1. The van der Waals surface area contributed by atoms with Crippen LogP contribution in [0.4, 0.5) is 14.5 Å². The van der Waals surface area contributed by atoms with Gasteiger partial charge >= 0.3 is 0 Å². The molecule has 1 aromatic carbocycles. The first-order valence-corrected chi connectivity index (χ1v) is 9.58. The van der Waals surface area contributed by atoms with E-state index in [2.05, 4.69) is 15.3 Å². The number of anilines is 1. The Morgan fingerprint density at radius 3 is 2.83 bits per heavy atom. The zero-order valence-electron chi connectivity index (χ0n) is 15.4. The van der Waals surface area contributed by atoms with Gasteiger partial charge in [-0.1, -0.05) is 11.8 Å². The van der Waals surface area contributed by atoms with E-state index in [1.54, 1.807) is 0 Å². The van der Waals surface area contributed by atoms with Crippen molar-refractivity contribution in [2.75, 3.05) is 24.3 Å². The van der Waals surface area contributed by atoms with Crippen molar-refractivity contribution in [1.29, 1.82) is 5.26 Å². The van der Waals surface area contributed by atoms with Crippen LogP contribution in [-0.4, -0.2) is 40.7 Å². The maximum Gasteiger partial charge on any atom is 0.274 e. The van der Waals surface area contributed by atoms with Crippen LogP contribution < -0.4 is 11.1 Å². The third-order valence-corrected chi connectivity index (χ3v) is 5.92. The van der Waals surface area contributed by atoms with Crippen molar-refractivity contribution in [1.82, 2.24) is 4.98 Å². The summed E-state index contributed by atoms with van der Waals surface area (Å²) in [6.07, 6.45) is 1.27. The molecule has 0 aliphatic carbocycles. The fourth-order valence-corrected chi connectivity index (χ4v) is 4.32. The van der Waals surface area contributed by atoms with Crippen molar-refractivity contribution in [3.05, 3.63) is 59.2 Å². The molecule has 2 atom stereocenters. The van der Waals surface area contributed by atoms with E-state index < -0.39 is 22.9 Å². The van der Waals surface area contributed by atoms with Crippen LogP contribution in [-0.2, 0) is 10.3 Å². The molecule has 0 spiro atoms. The lowest BCUT2D eigenvalue weighted by atomic mass is 9.79. The molecule has 3 N–H and O–H groups in total. The number of amides is 1. The smallest absolute Gasteiger partial charge is 0.274 e. The fourth-order valence-electron chi connectivity index (χ4n) is 3.40. The molecule has 156 valence electrons. The molecular formula is C19H16ClF2N5O2S. The third kappa shape index (κ3) is 3.60. The van der Waals surface area contributed by atoms with Gasteiger partial charge in [0, 0.05) is 23.2 Å². The van der Waals surface area contributed by atoms with Gasteiger partial charge in [0.05, 0.1) is 18.8 Å². The summed E-state index contributed by atoms with van der Waals surface area (Å²) in [4.78, 5) is 20.6. The molecule has 7 nitrogen and oxygen atoms in total. The van der Waals surface area contributed by atoms with Crippen LogP contribution in [0.2, 0.25) is 0 Å². The zero-order valence-corrected chi connectivity index (χ0v) is 17.0. The summed E-state index contributed by atoms with van der Waals surface area (Å²) in [7, 11) is 0. The zero-order chi connectivity index (χ0) is 20.6. The quantitative estimate of drug-likeness (QED) is 0.741. The number of alkyl halides is 1. The van der Waals surface area contributed by atoms with Gasteiger partial charge in [0.15, 0.2) is 16.4 Å². The van der Waals surface area contributed by atoms with Crippen molar-refractivity contribution in [2.45, 2.75) is 11.2 Å². The molecule has 2 unspecified atom stereocenters. The normalized spacial score (nSPS) is 24.8. The van der Waals surface area contributed by atoms with E-state index in [9.17, 15) is 9.18 Å². The second-order valence-corrected chi connectivity index (χ2v) is 7.75. The summed E-state index contributed by atoms with van der Waals surface area (Å²) in [5.74, 6) is -1.23. The number of hydrogen-bond donors (Lipinski definition) is 2. The molecule has 2 aliphatic heterocycles. The van der Waals surface area contributed by atoms with E-state index in [1.165, 1.54) is 30.5 Å². The number of nitrogens with two attached hydrogens (primary N) is 1. The fraction of sp³-hybridized carbons (Fsp3) is 0.263. The van der Waals surface area contributed by atoms with Crippen LogP contribution in [0.5, 0.6) is 0 Å². The highest BCUT2D eigenvalue weighted by Crippen LogP contribution is 2.50. The Balaban J connectivity index is 0.00000256. The first-order valence-electron chi connectivity index (χ1n) is 8.59. The van der Waals surface area contributed by atoms with Gasteiger partial charge in [0.1, 0.15) is 17.6 Å².